The molecule has 0 atom stereocenters. The Kier molecular flexibility index (Phi) is 3.19. The quantitative estimate of drug-likeness (QED) is 0.813. The van der Waals surface area contributed by atoms with E-state index in [9.17, 15) is 4.79 Å². The molecule has 0 saturated heterocycles. The molecule has 2 aromatic rings. The Morgan fingerprint density at radius 1 is 1.17 bits per heavy atom. The predicted octanol–water partition coefficient (Wildman–Crippen LogP) is 2.17. The van der Waals surface area contributed by atoms with Gasteiger partial charge in [-0.15, -0.1) is 5.10 Å². The van der Waals surface area contributed by atoms with E-state index in [4.69, 9.17) is 4.74 Å². The van der Waals surface area contributed by atoms with Crippen LogP contribution < -0.4 is 10.3 Å². The molecule has 0 saturated carbocycles. The molecule has 4 heteroatoms. The van der Waals surface area contributed by atoms with Crippen molar-refractivity contribution in [1.82, 2.24) is 9.78 Å². The first-order chi connectivity index (χ1) is 8.54. The van der Waals surface area contributed by atoms with E-state index in [1.807, 2.05) is 38.1 Å². The zero-order valence-electron chi connectivity index (χ0n) is 11.0. The van der Waals surface area contributed by atoms with Crippen molar-refractivity contribution in [3.8, 4) is 11.6 Å². The highest BCUT2D eigenvalue weighted by Gasteiger charge is 2.12. The SMILES string of the molecule is COc1nn(-c2cccc(C)c2)c(=O)c(C)c1C. The first-order valence-corrected chi connectivity index (χ1v) is 5.76. The molecule has 0 aliphatic heterocycles. The minimum atomic E-state index is -0.112. The van der Waals surface area contributed by atoms with Crippen LogP contribution in [0.2, 0.25) is 0 Å². The van der Waals surface area contributed by atoms with Gasteiger partial charge in [-0.3, -0.25) is 4.79 Å². The number of nitrogens with zero attached hydrogens (tertiary/aromatic N) is 2. The van der Waals surface area contributed by atoms with Crippen LogP contribution in [0, 0.1) is 20.8 Å². The lowest BCUT2D eigenvalue weighted by Crippen LogP contribution is -2.25. The number of aromatic nitrogens is 2. The molecule has 0 bridgehead atoms. The number of methoxy groups -OCH3 is 1. The van der Waals surface area contributed by atoms with Gasteiger partial charge in [0.15, 0.2) is 0 Å². The van der Waals surface area contributed by atoms with Crippen molar-refractivity contribution in [3.63, 3.8) is 0 Å². The van der Waals surface area contributed by atoms with Gasteiger partial charge >= 0.3 is 0 Å². The molecule has 0 fully saturated rings. The maximum absolute atomic E-state index is 12.2. The molecule has 4 nitrogen and oxygen atoms in total. The van der Waals surface area contributed by atoms with E-state index in [0.717, 1.165) is 16.8 Å². The van der Waals surface area contributed by atoms with Crippen molar-refractivity contribution in [3.05, 3.63) is 51.3 Å². The van der Waals surface area contributed by atoms with Crippen molar-refractivity contribution >= 4 is 0 Å². The molecule has 0 aliphatic rings. The van der Waals surface area contributed by atoms with Gasteiger partial charge in [0.2, 0.25) is 5.88 Å². The van der Waals surface area contributed by atoms with Gasteiger partial charge < -0.3 is 4.74 Å². The van der Waals surface area contributed by atoms with E-state index < -0.39 is 0 Å². The predicted molar refractivity (Wildman–Crippen MR) is 70.6 cm³/mol. The summed E-state index contributed by atoms with van der Waals surface area (Å²) < 4.78 is 6.59. The lowest BCUT2D eigenvalue weighted by Gasteiger charge is -2.11. The number of hydrogen-bond donors (Lipinski definition) is 0. The Balaban J connectivity index is 2.72. The molecule has 94 valence electrons. The van der Waals surface area contributed by atoms with Gasteiger partial charge in [0, 0.05) is 11.1 Å². The fraction of sp³-hybridized carbons (Fsp3) is 0.286. The Morgan fingerprint density at radius 2 is 1.89 bits per heavy atom. The van der Waals surface area contributed by atoms with Crippen molar-refractivity contribution < 1.29 is 4.74 Å². The van der Waals surface area contributed by atoms with Crippen LogP contribution in [-0.4, -0.2) is 16.9 Å². The van der Waals surface area contributed by atoms with Crippen molar-refractivity contribution in [2.75, 3.05) is 7.11 Å². The zero-order valence-corrected chi connectivity index (χ0v) is 11.0. The van der Waals surface area contributed by atoms with E-state index in [1.54, 1.807) is 14.0 Å². The highest BCUT2D eigenvalue weighted by atomic mass is 16.5. The summed E-state index contributed by atoms with van der Waals surface area (Å²) in [7, 11) is 1.56. The molecule has 0 unspecified atom stereocenters. The largest absolute Gasteiger partial charge is 0.480 e. The average molecular weight is 244 g/mol. The second-order valence-corrected chi connectivity index (χ2v) is 4.32. The smallest absolute Gasteiger partial charge is 0.274 e. The van der Waals surface area contributed by atoms with E-state index >= 15 is 0 Å². The molecule has 1 aromatic carbocycles. The average Bonchev–Trinajstić information content (AvgIpc) is 2.36. The minimum absolute atomic E-state index is 0.112. The lowest BCUT2D eigenvalue weighted by molar-refractivity contribution is 0.382. The Bertz CT molecular complexity index is 645. The van der Waals surface area contributed by atoms with E-state index in [0.29, 0.717) is 11.4 Å². The van der Waals surface area contributed by atoms with Crippen molar-refractivity contribution in [2.45, 2.75) is 20.8 Å². The molecule has 2 rings (SSSR count). The maximum Gasteiger partial charge on any atom is 0.274 e. The summed E-state index contributed by atoms with van der Waals surface area (Å²) in [4.78, 5) is 12.2. The third-order valence-corrected chi connectivity index (χ3v) is 3.03. The number of benzene rings is 1. The van der Waals surface area contributed by atoms with Crippen LogP contribution in [0.15, 0.2) is 29.1 Å². The summed E-state index contributed by atoms with van der Waals surface area (Å²) in [5, 5.41) is 4.24. The van der Waals surface area contributed by atoms with Gasteiger partial charge in [0.05, 0.1) is 12.8 Å². The fourth-order valence-corrected chi connectivity index (χ4v) is 1.82. The van der Waals surface area contributed by atoms with E-state index in [1.165, 1.54) is 4.68 Å². The molecule has 0 aliphatic carbocycles. The second kappa shape index (κ2) is 4.64. The van der Waals surface area contributed by atoms with Gasteiger partial charge in [-0.2, -0.15) is 4.68 Å². The number of ether oxygens (including phenoxy) is 1. The summed E-state index contributed by atoms with van der Waals surface area (Å²) in [5.74, 6) is 0.480. The van der Waals surface area contributed by atoms with Crippen LogP contribution >= 0.6 is 0 Å². The molecule has 1 heterocycles. The van der Waals surface area contributed by atoms with Gasteiger partial charge in [-0.1, -0.05) is 12.1 Å². The van der Waals surface area contributed by atoms with Crippen molar-refractivity contribution in [2.24, 2.45) is 0 Å². The highest BCUT2D eigenvalue weighted by molar-refractivity contribution is 5.38. The fourth-order valence-electron chi connectivity index (χ4n) is 1.82. The summed E-state index contributed by atoms with van der Waals surface area (Å²) in [5.41, 5.74) is 3.16. The van der Waals surface area contributed by atoms with Gasteiger partial charge in [0.1, 0.15) is 0 Å². The number of rotatable bonds is 2. The maximum atomic E-state index is 12.2. The highest BCUT2D eigenvalue weighted by Crippen LogP contribution is 2.16. The summed E-state index contributed by atoms with van der Waals surface area (Å²) in [6.45, 7) is 5.60. The topological polar surface area (TPSA) is 44.1 Å². The van der Waals surface area contributed by atoms with Crippen LogP contribution in [-0.2, 0) is 0 Å². The Morgan fingerprint density at radius 3 is 2.50 bits per heavy atom. The van der Waals surface area contributed by atoms with Gasteiger partial charge in [-0.25, -0.2) is 0 Å². The van der Waals surface area contributed by atoms with E-state index in [2.05, 4.69) is 5.10 Å². The lowest BCUT2D eigenvalue weighted by atomic mass is 10.2. The van der Waals surface area contributed by atoms with E-state index in [-0.39, 0.29) is 5.56 Å². The molecule has 1 aromatic heterocycles. The minimum Gasteiger partial charge on any atom is -0.480 e. The summed E-state index contributed by atoms with van der Waals surface area (Å²) in [6.07, 6.45) is 0. The van der Waals surface area contributed by atoms with Crippen LogP contribution in [0.5, 0.6) is 5.88 Å². The molecule has 0 spiro atoms. The summed E-state index contributed by atoms with van der Waals surface area (Å²) >= 11 is 0. The molecular weight excluding hydrogens is 228 g/mol. The van der Waals surface area contributed by atoms with Crippen molar-refractivity contribution in [1.29, 1.82) is 0 Å². The van der Waals surface area contributed by atoms with Crippen LogP contribution in [0.25, 0.3) is 5.69 Å². The third kappa shape index (κ3) is 2.01. The van der Waals surface area contributed by atoms with Crippen LogP contribution in [0.3, 0.4) is 0 Å². The zero-order chi connectivity index (χ0) is 13.3. The third-order valence-electron chi connectivity index (χ3n) is 3.03. The van der Waals surface area contributed by atoms with Crippen LogP contribution in [0.4, 0.5) is 0 Å². The Hall–Kier alpha value is -2.10. The van der Waals surface area contributed by atoms with Gasteiger partial charge in [-0.05, 0) is 38.5 Å². The monoisotopic (exact) mass is 244 g/mol. The Labute approximate surface area is 106 Å². The summed E-state index contributed by atoms with van der Waals surface area (Å²) in [6, 6.07) is 7.66. The molecule has 0 radical (unpaired) electrons. The molecule has 0 amide bonds. The van der Waals surface area contributed by atoms with Gasteiger partial charge in [0.25, 0.3) is 5.56 Å². The van der Waals surface area contributed by atoms with Crippen LogP contribution in [0.1, 0.15) is 16.7 Å². The first kappa shape index (κ1) is 12.4. The molecule has 18 heavy (non-hydrogen) atoms. The number of hydrogen-bond acceptors (Lipinski definition) is 3. The molecular formula is C14H16N2O2. The first-order valence-electron chi connectivity index (χ1n) is 5.76. The second-order valence-electron chi connectivity index (χ2n) is 4.32. The molecule has 0 N–H and O–H groups in total. The number of aryl methyl sites for hydroxylation is 1. The normalized spacial score (nSPS) is 10.4. The standard InChI is InChI=1S/C14H16N2O2/c1-9-6-5-7-12(8-9)16-14(17)11(3)10(2)13(15-16)18-4/h5-8H,1-4H3.